The van der Waals surface area contributed by atoms with Gasteiger partial charge in [0.05, 0.1) is 6.61 Å². The van der Waals surface area contributed by atoms with Crippen LogP contribution >= 0.6 is 0 Å². The van der Waals surface area contributed by atoms with E-state index in [1.54, 1.807) is 37.3 Å². The van der Waals surface area contributed by atoms with E-state index >= 15 is 0 Å². The third kappa shape index (κ3) is 5.22. The summed E-state index contributed by atoms with van der Waals surface area (Å²) in [5, 5.41) is 3.87. The van der Waals surface area contributed by atoms with E-state index in [9.17, 15) is 26.4 Å². The number of hydrogen-bond donors (Lipinski definition) is 1. The second kappa shape index (κ2) is 8.74. The van der Waals surface area contributed by atoms with Gasteiger partial charge in [0, 0.05) is 11.1 Å². The van der Waals surface area contributed by atoms with E-state index in [1.165, 1.54) is 18.2 Å². The number of carbonyl (C=O) groups is 1. The number of benzene rings is 2. The molecule has 11 heteroatoms. The normalized spacial score (nSPS) is 12.4. The number of para-hydroxylation sites is 1. The van der Waals surface area contributed by atoms with Gasteiger partial charge in [-0.25, -0.2) is 10.2 Å². The number of carbonyl (C=O) groups excluding carboxylic acids is 1. The van der Waals surface area contributed by atoms with Crippen LogP contribution in [0.2, 0.25) is 0 Å². The maximum atomic E-state index is 12.7. The molecular weight excluding hydrogens is 401 g/mol. The van der Waals surface area contributed by atoms with Crippen LogP contribution in [0.5, 0.6) is 5.75 Å². The van der Waals surface area contributed by atoms with Crippen LogP contribution in [0.1, 0.15) is 18.1 Å². The van der Waals surface area contributed by atoms with Gasteiger partial charge in [-0.15, -0.1) is 0 Å². The first-order valence-electron chi connectivity index (χ1n) is 7.81. The van der Waals surface area contributed by atoms with Crippen molar-refractivity contribution in [1.82, 2.24) is 5.43 Å². The van der Waals surface area contributed by atoms with Crippen molar-refractivity contribution in [3.63, 3.8) is 0 Å². The highest BCUT2D eigenvalue weighted by molar-refractivity contribution is 7.88. The van der Waals surface area contributed by atoms with Gasteiger partial charge in [-0.1, -0.05) is 42.5 Å². The van der Waals surface area contributed by atoms with Crippen LogP contribution in [0.25, 0.3) is 0 Å². The lowest BCUT2D eigenvalue weighted by Gasteiger charge is -2.14. The van der Waals surface area contributed by atoms with Gasteiger partial charge in [0.15, 0.2) is 5.75 Å². The maximum Gasteiger partial charge on any atom is 0.534 e. The molecule has 2 rings (SSSR count). The highest BCUT2D eigenvalue weighted by Gasteiger charge is 2.48. The summed E-state index contributed by atoms with van der Waals surface area (Å²) in [7, 11) is -5.90. The summed E-state index contributed by atoms with van der Waals surface area (Å²) < 4.78 is 69.9. The van der Waals surface area contributed by atoms with Crippen molar-refractivity contribution < 1.29 is 35.3 Å². The zero-order chi connectivity index (χ0) is 20.8. The highest BCUT2D eigenvalue weighted by atomic mass is 32.2. The largest absolute Gasteiger partial charge is 0.534 e. The Morgan fingerprint density at radius 3 is 2.29 bits per heavy atom. The Balaban J connectivity index is 2.53. The average molecular weight is 416 g/mol. The van der Waals surface area contributed by atoms with Crippen LogP contribution in [-0.4, -0.2) is 32.3 Å². The van der Waals surface area contributed by atoms with E-state index in [0.29, 0.717) is 5.56 Å². The van der Waals surface area contributed by atoms with Crippen molar-refractivity contribution in [2.75, 3.05) is 6.61 Å². The molecule has 2 aromatic carbocycles. The zero-order valence-corrected chi connectivity index (χ0v) is 15.3. The smallest absolute Gasteiger partial charge is 0.449 e. The van der Waals surface area contributed by atoms with E-state index in [4.69, 9.17) is 0 Å². The zero-order valence-electron chi connectivity index (χ0n) is 14.4. The van der Waals surface area contributed by atoms with Gasteiger partial charge in [0.25, 0.3) is 0 Å². The summed E-state index contributed by atoms with van der Waals surface area (Å²) in [5.74, 6) is -0.604. The number of amides is 1. The average Bonchev–Trinajstić information content (AvgIpc) is 2.63. The van der Waals surface area contributed by atoms with Gasteiger partial charge in [0.2, 0.25) is 0 Å². The molecule has 150 valence electrons. The van der Waals surface area contributed by atoms with Crippen LogP contribution in [0, 0.1) is 0 Å². The van der Waals surface area contributed by atoms with Crippen molar-refractivity contribution in [3.05, 3.63) is 65.7 Å². The molecule has 1 N–H and O–H groups in total. The first kappa shape index (κ1) is 21.2. The summed E-state index contributed by atoms with van der Waals surface area (Å²) in [6.45, 7) is 1.65. The predicted octanol–water partition coefficient (Wildman–Crippen LogP) is 3.41. The topological polar surface area (TPSA) is 94.1 Å². The first-order valence-corrected chi connectivity index (χ1v) is 9.22. The summed E-state index contributed by atoms with van der Waals surface area (Å²) in [6, 6.07) is 13.2. The Kier molecular flexibility index (Phi) is 6.62. The predicted molar refractivity (Wildman–Crippen MR) is 94.3 cm³/mol. The van der Waals surface area contributed by atoms with Crippen molar-refractivity contribution in [2.24, 2.45) is 5.10 Å². The standard InChI is InChI=1S/C17H15F3N2O5S/c1-2-26-16(23)22-21-15(12-8-4-3-5-9-12)13-10-6-7-11-14(13)27-28(24,25)17(18,19)20/h3-11H,2H2,1H3,(H,22,23). The van der Waals surface area contributed by atoms with Gasteiger partial charge in [-0.05, 0) is 19.1 Å². The molecule has 2 aromatic rings. The van der Waals surface area contributed by atoms with E-state index in [-0.39, 0.29) is 17.9 Å². The minimum Gasteiger partial charge on any atom is -0.449 e. The fourth-order valence-electron chi connectivity index (χ4n) is 2.04. The Bertz CT molecular complexity index is 960. The summed E-state index contributed by atoms with van der Waals surface area (Å²) in [6.07, 6.45) is -0.891. The number of nitrogens with zero attached hydrogens (tertiary/aromatic N) is 1. The Morgan fingerprint density at radius 2 is 1.68 bits per heavy atom. The van der Waals surface area contributed by atoms with Crippen LogP contribution in [0.3, 0.4) is 0 Å². The SMILES string of the molecule is CCOC(=O)NN=C(c1ccccc1)c1ccccc1OS(=O)(=O)C(F)(F)F. The molecule has 0 unspecified atom stereocenters. The lowest BCUT2D eigenvalue weighted by atomic mass is 10.0. The van der Waals surface area contributed by atoms with Crippen molar-refractivity contribution in [3.8, 4) is 5.75 Å². The number of hydrazone groups is 1. The lowest BCUT2D eigenvalue weighted by Crippen LogP contribution is -2.29. The molecule has 0 aromatic heterocycles. The van der Waals surface area contributed by atoms with Crippen molar-refractivity contribution in [2.45, 2.75) is 12.4 Å². The summed E-state index contributed by atoms with van der Waals surface area (Å²) in [4.78, 5) is 11.5. The third-order valence-corrected chi connectivity index (χ3v) is 4.17. The van der Waals surface area contributed by atoms with Crippen molar-refractivity contribution in [1.29, 1.82) is 0 Å². The van der Waals surface area contributed by atoms with Gasteiger partial charge in [0.1, 0.15) is 5.71 Å². The van der Waals surface area contributed by atoms with Gasteiger partial charge < -0.3 is 8.92 Å². The third-order valence-electron chi connectivity index (χ3n) is 3.21. The Morgan fingerprint density at radius 1 is 1.07 bits per heavy atom. The van der Waals surface area contributed by atoms with Crippen LogP contribution in [0.15, 0.2) is 59.7 Å². The molecule has 0 radical (unpaired) electrons. The number of hydrogen-bond acceptors (Lipinski definition) is 6. The van der Waals surface area contributed by atoms with E-state index in [2.05, 4.69) is 19.4 Å². The van der Waals surface area contributed by atoms with Gasteiger partial charge >= 0.3 is 21.7 Å². The summed E-state index contributed by atoms with van der Waals surface area (Å²) >= 11 is 0. The minimum absolute atomic E-state index is 0.0263. The molecule has 0 saturated carbocycles. The molecule has 0 aliphatic heterocycles. The highest BCUT2D eigenvalue weighted by Crippen LogP contribution is 2.30. The Hall–Kier alpha value is -3.08. The molecular formula is C17H15F3N2O5S. The van der Waals surface area contributed by atoms with Gasteiger partial charge in [-0.3, -0.25) is 0 Å². The van der Waals surface area contributed by atoms with Gasteiger partial charge in [-0.2, -0.15) is 26.7 Å². The molecule has 0 aliphatic carbocycles. The number of halogens is 3. The fourth-order valence-corrected chi connectivity index (χ4v) is 2.52. The molecule has 28 heavy (non-hydrogen) atoms. The molecule has 0 bridgehead atoms. The first-order chi connectivity index (χ1) is 13.2. The molecule has 0 heterocycles. The van der Waals surface area contributed by atoms with E-state index in [0.717, 1.165) is 6.07 Å². The number of nitrogens with one attached hydrogen (secondary N) is 1. The molecule has 0 spiro atoms. The number of rotatable bonds is 6. The molecule has 0 saturated heterocycles. The monoisotopic (exact) mass is 416 g/mol. The lowest BCUT2D eigenvalue weighted by molar-refractivity contribution is -0.0500. The van der Waals surface area contributed by atoms with Crippen LogP contribution in [0.4, 0.5) is 18.0 Å². The molecule has 0 atom stereocenters. The van der Waals surface area contributed by atoms with E-state index in [1.807, 2.05) is 0 Å². The second-order valence-electron chi connectivity index (χ2n) is 5.14. The fraction of sp³-hybridized carbons (Fsp3) is 0.176. The van der Waals surface area contributed by atoms with Crippen LogP contribution < -0.4 is 9.61 Å². The van der Waals surface area contributed by atoms with E-state index < -0.39 is 27.5 Å². The Labute approximate surface area is 158 Å². The number of ether oxygens (including phenoxy) is 1. The second-order valence-corrected chi connectivity index (χ2v) is 6.68. The molecule has 1 amide bonds. The molecule has 7 nitrogen and oxygen atoms in total. The molecule has 0 aliphatic rings. The molecule has 0 fully saturated rings. The minimum atomic E-state index is -5.90. The van der Waals surface area contributed by atoms with Crippen molar-refractivity contribution >= 4 is 21.9 Å². The maximum absolute atomic E-state index is 12.7. The van der Waals surface area contributed by atoms with Crippen LogP contribution in [-0.2, 0) is 14.9 Å². The quantitative estimate of drug-likeness (QED) is 0.337. The number of alkyl halides is 3. The summed E-state index contributed by atoms with van der Waals surface area (Å²) in [5.41, 5.74) is -3.23.